The summed E-state index contributed by atoms with van der Waals surface area (Å²) in [6.45, 7) is 6.28. The number of Topliss-reactive ketones (excluding diaryl/α,β-unsaturated/α-hetero) is 1. The van der Waals surface area contributed by atoms with Gasteiger partial charge in [0.05, 0.1) is 24.5 Å². The van der Waals surface area contributed by atoms with Crippen LogP contribution in [0.3, 0.4) is 0 Å². The second-order valence-electron chi connectivity index (χ2n) is 9.14. The Morgan fingerprint density at radius 1 is 0.923 bits per heavy atom. The van der Waals surface area contributed by atoms with Crippen molar-refractivity contribution in [1.29, 1.82) is 0 Å². The summed E-state index contributed by atoms with van der Waals surface area (Å²) in [6.07, 6.45) is 0. The number of rotatable bonds is 8. The summed E-state index contributed by atoms with van der Waals surface area (Å²) < 4.78 is 17.5. The van der Waals surface area contributed by atoms with Gasteiger partial charge in [0.25, 0.3) is 0 Å². The van der Waals surface area contributed by atoms with Crippen LogP contribution in [0.5, 0.6) is 11.5 Å². The third-order valence-electron chi connectivity index (χ3n) is 6.74. The lowest BCUT2D eigenvalue weighted by atomic mass is 9.79. The van der Waals surface area contributed by atoms with Crippen LogP contribution < -0.4 is 14.8 Å². The van der Waals surface area contributed by atoms with Gasteiger partial charge in [-0.25, -0.2) is 4.79 Å². The minimum Gasteiger partial charge on any atom is -0.490 e. The van der Waals surface area contributed by atoms with E-state index in [0.717, 1.165) is 11.1 Å². The summed E-state index contributed by atoms with van der Waals surface area (Å²) >= 11 is 12.3. The fourth-order valence-electron chi connectivity index (χ4n) is 5.03. The van der Waals surface area contributed by atoms with E-state index in [-0.39, 0.29) is 19.0 Å². The molecule has 0 amide bonds. The molecule has 0 saturated carbocycles. The first kappa shape index (κ1) is 26.9. The minimum atomic E-state index is -0.654. The highest BCUT2D eigenvalue weighted by atomic mass is 35.5. The summed E-state index contributed by atoms with van der Waals surface area (Å²) in [6, 6.07) is 18.1. The lowest BCUT2D eigenvalue weighted by molar-refractivity contribution is -0.138. The van der Waals surface area contributed by atoms with Crippen molar-refractivity contribution in [3.8, 4) is 11.5 Å². The minimum absolute atomic E-state index is 0.122. The molecule has 0 radical (unpaired) electrons. The van der Waals surface area contributed by atoms with Crippen LogP contribution in [-0.4, -0.2) is 25.0 Å². The van der Waals surface area contributed by atoms with Gasteiger partial charge in [0.2, 0.25) is 0 Å². The summed E-state index contributed by atoms with van der Waals surface area (Å²) in [7, 11) is 0. The average molecular weight is 564 g/mol. The molecule has 0 bridgehead atoms. The number of ketones is 1. The van der Waals surface area contributed by atoms with Gasteiger partial charge in [-0.3, -0.25) is 4.79 Å². The normalized spacial score (nSPS) is 16.0. The van der Waals surface area contributed by atoms with E-state index in [1.807, 2.05) is 50.2 Å². The number of fused-ring (bicyclic) bond motifs is 2. The number of esters is 1. The molecular weight excluding hydrogens is 537 g/mol. The van der Waals surface area contributed by atoms with E-state index in [1.54, 1.807) is 31.2 Å². The quantitative estimate of drug-likeness (QED) is 0.294. The zero-order chi connectivity index (χ0) is 27.7. The number of hydrogen-bond donors (Lipinski definition) is 1. The maximum Gasteiger partial charge on any atom is 0.336 e. The van der Waals surface area contributed by atoms with Crippen molar-refractivity contribution in [3.05, 3.63) is 110 Å². The number of hydrogen-bond acceptors (Lipinski definition) is 6. The molecule has 8 heteroatoms. The Labute approximate surface area is 237 Å². The molecule has 1 N–H and O–H groups in total. The molecule has 0 saturated heterocycles. The lowest BCUT2D eigenvalue weighted by Crippen LogP contribution is -2.29. The number of carbonyl (C=O) groups is 2. The average Bonchev–Trinajstić information content (AvgIpc) is 3.19. The predicted octanol–water partition coefficient (Wildman–Crippen LogP) is 7.10. The van der Waals surface area contributed by atoms with E-state index in [9.17, 15) is 9.59 Å². The molecule has 200 valence electrons. The predicted molar refractivity (Wildman–Crippen MR) is 151 cm³/mol. The SMILES string of the molecule is CCOC(=O)C1=C(C)NC2=C(C(=O)c3ccccc32)[C@H]1c1ccc(OCc2ccc(Cl)cc2Cl)c(OCC)c1. The molecular formula is C31H27Cl2NO5. The van der Waals surface area contributed by atoms with E-state index in [4.69, 9.17) is 37.4 Å². The number of carbonyl (C=O) groups excluding carboxylic acids is 2. The molecule has 0 aromatic heterocycles. The number of halogens is 2. The maximum atomic E-state index is 13.7. The van der Waals surface area contributed by atoms with E-state index in [2.05, 4.69) is 5.32 Å². The molecule has 1 aliphatic carbocycles. The molecule has 39 heavy (non-hydrogen) atoms. The van der Waals surface area contributed by atoms with Gasteiger partial charge in [0.1, 0.15) is 6.61 Å². The molecule has 3 aromatic carbocycles. The Balaban J connectivity index is 1.57. The number of ether oxygens (including phenoxy) is 3. The summed E-state index contributed by atoms with van der Waals surface area (Å²) in [5.41, 5.74) is 5.15. The summed E-state index contributed by atoms with van der Waals surface area (Å²) in [5.74, 6) is -0.250. The third kappa shape index (κ3) is 5.02. The smallest absolute Gasteiger partial charge is 0.336 e. The van der Waals surface area contributed by atoms with Gasteiger partial charge in [-0.15, -0.1) is 0 Å². The molecule has 0 unspecified atom stereocenters. The number of allylic oxidation sites excluding steroid dienone is 2. The Hall–Kier alpha value is -3.74. The second-order valence-corrected chi connectivity index (χ2v) is 9.99. The molecule has 2 aliphatic rings. The standard InChI is InChI=1S/C31H27Cl2NO5/c1-4-37-25-14-18(11-13-24(25)39-16-19-10-12-20(32)15-23(19)33)27-26(31(36)38-5-2)17(3)34-29-21-8-6-7-9-22(21)30(35)28(27)29/h6-15,27,34H,4-5,16H2,1-3H3/t27-/m0/s1. The Morgan fingerprint density at radius 2 is 1.69 bits per heavy atom. The first-order chi connectivity index (χ1) is 18.8. The van der Waals surface area contributed by atoms with Crippen LogP contribution in [0.15, 0.2) is 77.5 Å². The number of benzene rings is 3. The first-order valence-corrected chi connectivity index (χ1v) is 13.5. The van der Waals surface area contributed by atoms with Gasteiger partial charge in [-0.05, 0) is 50.6 Å². The Morgan fingerprint density at radius 3 is 2.41 bits per heavy atom. The highest BCUT2D eigenvalue weighted by molar-refractivity contribution is 6.35. The third-order valence-corrected chi connectivity index (χ3v) is 7.33. The number of dihydropyridines is 1. The van der Waals surface area contributed by atoms with E-state index < -0.39 is 11.9 Å². The van der Waals surface area contributed by atoms with Gasteiger partial charge in [0.15, 0.2) is 17.3 Å². The lowest BCUT2D eigenvalue weighted by Gasteiger charge is -2.29. The maximum absolute atomic E-state index is 13.7. The van der Waals surface area contributed by atoms with Gasteiger partial charge in [0, 0.05) is 43.9 Å². The molecule has 0 fully saturated rings. The molecule has 0 spiro atoms. The van der Waals surface area contributed by atoms with Crippen LogP contribution in [-0.2, 0) is 16.1 Å². The molecule has 3 aromatic rings. The molecule has 1 atom stereocenters. The highest BCUT2D eigenvalue weighted by Crippen LogP contribution is 2.48. The fourth-order valence-corrected chi connectivity index (χ4v) is 5.49. The fraction of sp³-hybridized carbons (Fsp3) is 0.226. The van der Waals surface area contributed by atoms with Crippen LogP contribution in [0.4, 0.5) is 0 Å². The van der Waals surface area contributed by atoms with E-state index in [0.29, 0.717) is 61.8 Å². The monoisotopic (exact) mass is 563 g/mol. The number of nitrogens with one attached hydrogen (secondary N) is 1. The van der Waals surface area contributed by atoms with E-state index in [1.165, 1.54) is 0 Å². The van der Waals surface area contributed by atoms with Crippen LogP contribution >= 0.6 is 23.2 Å². The zero-order valence-electron chi connectivity index (χ0n) is 21.8. The second kappa shape index (κ2) is 11.2. The molecule has 6 nitrogen and oxygen atoms in total. The van der Waals surface area contributed by atoms with Gasteiger partial charge in [-0.1, -0.05) is 59.6 Å². The van der Waals surface area contributed by atoms with Crippen molar-refractivity contribution < 1.29 is 23.8 Å². The highest BCUT2D eigenvalue weighted by Gasteiger charge is 2.43. The van der Waals surface area contributed by atoms with Crippen molar-refractivity contribution in [2.24, 2.45) is 0 Å². The van der Waals surface area contributed by atoms with Gasteiger partial charge < -0.3 is 19.5 Å². The van der Waals surface area contributed by atoms with Crippen molar-refractivity contribution in [3.63, 3.8) is 0 Å². The topological polar surface area (TPSA) is 73.9 Å². The summed E-state index contributed by atoms with van der Waals surface area (Å²) in [5, 5.41) is 4.36. The Kier molecular flexibility index (Phi) is 7.69. The van der Waals surface area contributed by atoms with Crippen molar-refractivity contribution in [2.45, 2.75) is 33.3 Å². The Bertz CT molecular complexity index is 1540. The molecule has 1 aliphatic heterocycles. The van der Waals surface area contributed by atoms with Crippen molar-refractivity contribution in [2.75, 3.05) is 13.2 Å². The van der Waals surface area contributed by atoms with Gasteiger partial charge >= 0.3 is 5.97 Å². The zero-order valence-corrected chi connectivity index (χ0v) is 23.3. The van der Waals surface area contributed by atoms with Crippen LogP contribution in [0.1, 0.15) is 53.7 Å². The van der Waals surface area contributed by atoms with Crippen LogP contribution in [0, 0.1) is 0 Å². The first-order valence-electron chi connectivity index (χ1n) is 12.7. The largest absolute Gasteiger partial charge is 0.490 e. The van der Waals surface area contributed by atoms with Crippen LogP contribution in [0.2, 0.25) is 10.0 Å². The molecule has 1 heterocycles. The molecule has 5 rings (SSSR count). The summed E-state index contributed by atoms with van der Waals surface area (Å²) in [4.78, 5) is 26.9. The van der Waals surface area contributed by atoms with Crippen molar-refractivity contribution >= 4 is 40.7 Å². The van der Waals surface area contributed by atoms with E-state index >= 15 is 0 Å². The van der Waals surface area contributed by atoms with Crippen LogP contribution in [0.25, 0.3) is 5.70 Å². The van der Waals surface area contributed by atoms with Gasteiger partial charge in [-0.2, -0.15) is 0 Å². The van der Waals surface area contributed by atoms with Crippen molar-refractivity contribution in [1.82, 2.24) is 5.32 Å².